The summed E-state index contributed by atoms with van der Waals surface area (Å²) >= 11 is 0. The summed E-state index contributed by atoms with van der Waals surface area (Å²) in [5, 5.41) is 11.9. The highest BCUT2D eigenvalue weighted by Crippen LogP contribution is 2.27. The molecule has 2 unspecified atom stereocenters. The average Bonchev–Trinajstić information content (AvgIpc) is 2.66. The van der Waals surface area contributed by atoms with Gasteiger partial charge in [0, 0.05) is 12.6 Å². The predicted octanol–water partition coefficient (Wildman–Crippen LogP) is 1.78. The number of hydrogen-bond donors (Lipinski definition) is 2. The van der Waals surface area contributed by atoms with Gasteiger partial charge in [-0.25, -0.2) is 8.78 Å². The minimum Gasteiger partial charge on any atom is -0.386 e. The highest BCUT2D eigenvalue weighted by Gasteiger charge is 2.23. The number of hydrogen-bond acceptors (Lipinski definition) is 2. The smallest absolute Gasteiger partial charge is 0.265 e. The number of rotatable bonds is 5. The molecule has 0 radical (unpaired) electrons. The van der Waals surface area contributed by atoms with Gasteiger partial charge in [0.2, 0.25) is 0 Å². The molecule has 0 amide bonds. The van der Waals surface area contributed by atoms with Crippen molar-refractivity contribution in [2.24, 2.45) is 5.92 Å². The molecule has 4 heteroatoms. The molecule has 1 aliphatic rings. The fourth-order valence-electron chi connectivity index (χ4n) is 2.02. The summed E-state index contributed by atoms with van der Waals surface area (Å²) < 4.78 is 23.9. The first kappa shape index (κ1) is 11.9. The Balaban J connectivity index is 2.16. The molecule has 0 heterocycles. The normalized spacial score (nSPS) is 22.9. The summed E-state index contributed by atoms with van der Waals surface area (Å²) in [5.74, 6) is 0.597. The number of nitrogens with one attached hydrogen (secondary N) is 1. The lowest BCUT2D eigenvalue weighted by Gasteiger charge is -2.21. The van der Waals surface area contributed by atoms with Crippen LogP contribution in [0, 0.1) is 5.92 Å². The summed E-state index contributed by atoms with van der Waals surface area (Å²) in [7, 11) is 0. The van der Waals surface area contributed by atoms with Crippen molar-refractivity contribution in [2.75, 3.05) is 6.54 Å². The van der Waals surface area contributed by atoms with E-state index in [1.54, 1.807) is 0 Å². The molecule has 1 aliphatic carbocycles. The molecule has 0 spiro atoms. The molecule has 14 heavy (non-hydrogen) atoms. The molecule has 2 atom stereocenters. The Labute approximate surface area is 83.7 Å². The van der Waals surface area contributed by atoms with E-state index in [9.17, 15) is 8.78 Å². The summed E-state index contributed by atoms with van der Waals surface area (Å²) in [5.41, 5.74) is 0. The number of aliphatic hydroxyl groups is 1. The zero-order valence-electron chi connectivity index (χ0n) is 8.55. The molecular weight excluding hydrogens is 188 g/mol. The van der Waals surface area contributed by atoms with E-state index in [-0.39, 0.29) is 12.6 Å². The molecule has 2 nitrogen and oxygen atoms in total. The molecule has 1 rings (SSSR count). The topological polar surface area (TPSA) is 32.3 Å². The molecule has 0 saturated heterocycles. The van der Waals surface area contributed by atoms with Crippen molar-refractivity contribution in [1.29, 1.82) is 0 Å². The van der Waals surface area contributed by atoms with Gasteiger partial charge in [0.1, 0.15) is 6.10 Å². The van der Waals surface area contributed by atoms with Crippen molar-refractivity contribution in [3.63, 3.8) is 0 Å². The number of alkyl halides is 2. The van der Waals surface area contributed by atoms with Gasteiger partial charge < -0.3 is 10.4 Å². The summed E-state index contributed by atoms with van der Waals surface area (Å²) in [6.45, 7) is 2.00. The Morgan fingerprint density at radius 3 is 2.43 bits per heavy atom. The van der Waals surface area contributed by atoms with Crippen LogP contribution in [0.3, 0.4) is 0 Å². The van der Waals surface area contributed by atoms with Crippen LogP contribution < -0.4 is 5.32 Å². The standard InChI is InChI=1S/C10H19F2NO/c1-7(8-4-2-3-5-8)13-6-9(14)10(11)12/h7-10,13-14H,2-6H2,1H3. The highest BCUT2D eigenvalue weighted by atomic mass is 19.3. The lowest BCUT2D eigenvalue weighted by atomic mass is 10.00. The predicted molar refractivity (Wildman–Crippen MR) is 51.4 cm³/mol. The first-order chi connectivity index (χ1) is 6.61. The van der Waals surface area contributed by atoms with E-state index in [1.807, 2.05) is 6.92 Å². The van der Waals surface area contributed by atoms with Crippen LogP contribution in [0.2, 0.25) is 0 Å². The van der Waals surface area contributed by atoms with E-state index in [4.69, 9.17) is 5.11 Å². The fraction of sp³-hybridized carbons (Fsp3) is 1.00. The minimum absolute atomic E-state index is 0.00463. The quantitative estimate of drug-likeness (QED) is 0.720. The third kappa shape index (κ3) is 3.50. The molecule has 2 N–H and O–H groups in total. The molecule has 1 fully saturated rings. The Hall–Kier alpha value is -0.220. The average molecular weight is 207 g/mol. The molecule has 1 saturated carbocycles. The van der Waals surface area contributed by atoms with Crippen molar-refractivity contribution >= 4 is 0 Å². The van der Waals surface area contributed by atoms with Crippen LogP contribution in [0.5, 0.6) is 0 Å². The molecule has 0 aromatic rings. The van der Waals surface area contributed by atoms with Gasteiger partial charge >= 0.3 is 0 Å². The lowest BCUT2D eigenvalue weighted by molar-refractivity contribution is -0.00520. The second-order valence-electron chi connectivity index (χ2n) is 4.14. The van der Waals surface area contributed by atoms with E-state index in [2.05, 4.69) is 5.32 Å². The van der Waals surface area contributed by atoms with Gasteiger partial charge in [-0.1, -0.05) is 12.8 Å². The van der Waals surface area contributed by atoms with Gasteiger partial charge in [0.15, 0.2) is 0 Å². The first-order valence-corrected chi connectivity index (χ1v) is 5.31. The van der Waals surface area contributed by atoms with E-state index < -0.39 is 12.5 Å². The van der Waals surface area contributed by atoms with Crippen LogP contribution in [0.4, 0.5) is 8.78 Å². The summed E-state index contributed by atoms with van der Waals surface area (Å²) in [4.78, 5) is 0. The largest absolute Gasteiger partial charge is 0.386 e. The monoisotopic (exact) mass is 207 g/mol. The van der Waals surface area contributed by atoms with Gasteiger partial charge in [0.05, 0.1) is 0 Å². The Kier molecular flexibility index (Phi) is 4.75. The van der Waals surface area contributed by atoms with E-state index in [1.165, 1.54) is 25.7 Å². The molecule has 0 aromatic heterocycles. The zero-order chi connectivity index (χ0) is 10.6. The maximum atomic E-state index is 12.0. The summed E-state index contributed by atoms with van der Waals surface area (Å²) in [6.07, 6.45) is 0.678. The van der Waals surface area contributed by atoms with Gasteiger partial charge in [-0.2, -0.15) is 0 Å². The highest BCUT2D eigenvalue weighted by molar-refractivity contribution is 4.78. The second-order valence-corrected chi connectivity index (χ2v) is 4.14. The van der Waals surface area contributed by atoms with Gasteiger partial charge in [-0.15, -0.1) is 0 Å². The number of halogens is 2. The molecule has 0 aromatic carbocycles. The Morgan fingerprint density at radius 2 is 1.93 bits per heavy atom. The van der Waals surface area contributed by atoms with Crippen LogP contribution in [-0.4, -0.2) is 30.2 Å². The van der Waals surface area contributed by atoms with Gasteiger partial charge in [0.25, 0.3) is 6.43 Å². The van der Waals surface area contributed by atoms with Gasteiger partial charge in [-0.3, -0.25) is 0 Å². The van der Waals surface area contributed by atoms with E-state index in [0.717, 1.165) is 0 Å². The maximum Gasteiger partial charge on any atom is 0.265 e. The van der Waals surface area contributed by atoms with Crippen LogP contribution in [0.25, 0.3) is 0 Å². The van der Waals surface area contributed by atoms with Crippen molar-refractivity contribution in [3.05, 3.63) is 0 Å². The van der Waals surface area contributed by atoms with Crippen LogP contribution in [-0.2, 0) is 0 Å². The number of aliphatic hydroxyl groups excluding tert-OH is 1. The van der Waals surface area contributed by atoms with Gasteiger partial charge in [-0.05, 0) is 25.7 Å². The van der Waals surface area contributed by atoms with Crippen molar-refractivity contribution in [3.8, 4) is 0 Å². The van der Waals surface area contributed by atoms with Crippen LogP contribution >= 0.6 is 0 Å². The minimum atomic E-state index is -2.64. The van der Waals surface area contributed by atoms with Crippen molar-refractivity contribution in [2.45, 2.75) is 51.2 Å². The fourth-order valence-corrected chi connectivity index (χ4v) is 2.02. The SMILES string of the molecule is CC(NCC(O)C(F)F)C1CCCC1. The van der Waals surface area contributed by atoms with Crippen molar-refractivity contribution in [1.82, 2.24) is 5.32 Å². The molecule has 0 aliphatic heterocycles. The maximum absolute atomic E-state index is 12.0. The zero-order valence-corrected chi connectivity index (χ0v) is 8.55. The third-order valence-corrected chi connectivity index (χ3v) is 3.05. The third-order valence-electron chi connectivity index (χ3n) is 3.05. The van der Waals surface area contributed by atoms with Crippen molar-refractivity contribution < 1.29 is 13.9 Å². The van der Waals surface area contributed by atoms with Crippen LogP contribution in [0.15, 0.2) is 0 Å². The molecule has 0 bridgehead atoms. The lowest BCUT2D eigenvalue weighted by Crippen LogP contribution is -2.40. The molecule has 84 valence electrons. The Morgan fingerprint density at radius 1 is 1.36 bits per heavy atom. The first-order valence-electron chi connectivity index (χ1n) is 5.31. The second kappa shape index (κ2) is 5.61. The summed E-state index contributed by atoms with van der Waals surface area (Å²) in [6, 6.07) is 0.242. The van der Waals surface area contributed by atoms with E-state index in [0.29, 0.717) is 5.92 Å². The molecular formula is C10H19F2NO. The van der Waals surface area contributed by atoms with Crippen LogP contribution in [0.1, 0.15) is 32.6 Å². The van der Waals surface area contributed by atoms with E-state index >= 15 is 0 Å². The Bertz CT molecular complexity index is 160.